The van der Waals surface area contributed by atoms with Gasteiger partial charge in [0.1, 0.15) is 6.04 Å². The molecule has 2 heterocycles. The number of piperidine rings is 1. The number of benzene rings is 1. The molecule has 3 rings (SSSR count). The molecule has 142 valence electrons. The fraction of sp³-hybridized carbons (Fsp3) is 0.529. The lowest BCUT2D eigenvalue weighted by atomic mass is 10.1. The van der Waals surface area contributed by atoms with Crippen molar-refractivity contribution in [1.29, 1.82) is 0 Å². The van der Waals surface area contributed by atoms with Gasteiger partial charge in [0.2, 0.25) is 6.41 Å². The second-order valence-corrected chi connectivity index (χ2v) is 9.33. The summed E-state index contributed by atoms with van der Waals surface area (Å²) < 4.78 is 25.9. The first kappa shape index (κ1) is 19.0. The molecule has 0 bridgehead atoms. The summed E-state index contributed by atoms with van der Waals surface area (Å²) in [6, 6.07) is 3.76. The highest BCUT2D eigenvalue weighted by atomic mass is 35.5. The minimum absolute atomic E-state index is 0.0122. The van der Waals surface area contributed by atoms with E-state index in [-0.39, 0.29) is 22.9 Å². The fourth-order valence-electron chi connectivity index (χ4n) is 3.65. The Labute approximate surface area is 157 Å². The van der Waals surface area contributed by atoms with Crippen molar-refractivity contribution in [2.75, 3.05) is 24.5 Å². The molecule has 1 amide bonds. The first-order valence-electron chi connectivity index (χ1n) is 8.57. The number of carbonyl (C=O) groups is 2. The molecule has 2 aliphatic heterocycles. The van der Waals surface area contributed by atoms with Gasteiger partial charge < -0.3 is 14.9 Å². The number of rotatable bonds is 5. The molecule has 2 atom stereocenters. The van der Waals surface area contributed by atoms with Gasteiger partial charge in [0.25, 0.3) is 0 Å². The van der Waals surface area contributed by atoms with E-state index in [0.717, 1.165) is 36.5 Å². The third kappa shape index (κ3) is 3.53. The normalized spacial score (nSPS) is 23.9. The SMILES string of the molecule is O=CN1CC(S(=O)(=O)c2ccc(N3CCCCC3)cc2Cl)CC1C(=O)O. The van der Waals surface area contributed by atoms with Gasteiger partial charge >= 0.3 is 5.97 Å². The molecule has 0 aliphatic carbocycles. The largest absolute Gasteiger partial charge is 0.480 e. The number of sulfone groups is 1. The molecule has 1 aromatic carbocycles. The number of carbonyl (C=O) groups excluding carboxylic acids is 1. The second kappa shape index (κ2) is 7.44. The average Bonchev–Trinajstić information content (AvgIpc) is 3.08. The topological polar surface area (TPSA) is 95.0 Å². The molecule has 7 nitrogen and oxygen atoms in total. The molecule has 0 aromatic heterocycles. The Morgan fingerprint density at radius 3 is 2.46 bits per heavy atom. The highest BCUT2D eigenvalue weighted by Crippen LogP contribution is 2.34. The Balaban J connectivity index is 1.85. The predicted molar refractivity (Wildman–Crippen MR) is 97.3 cm³/mol. The Morgan fingerprint density at radius 1 is 1.23 bits per heavy atom. The Morgan fingerprint density at radius 2 is 1.92 bits per heavy atom. The molecule has 26 heavy (non-hydrogen) atoms. The van der Waals surface area contributed by atoms with Gasteiger partial charge in [-0.3, -0.25) is 4.79 Å². The second-order valence-electron chi connectivity index (χ2n) is 6.72. The smallest absolute Gasteiger partial charge is 0.326 e. The van der Waals surface area contributed by atoms with E-state index in [1.165, 1.54) is 12.5 Å². The van der Waals surface area contributed by atoms with Crippen LogP contribution >= 0.6 is 11.6 Å². The first-order valence-corrected chi connectivity index (χ1v) is 10.5. The number of aliphatic carboxylic acids is 1. The maximum Gasteiger partial charge on any atom is 0.326 e. The number of carboxylic acid groups (broad SMARTS) is 1. The zero-order valence-corrected chi connectivity index (χ0v) is 15.7. The molecule has 0 saturated carbocycles. The quantitative estimate of drug-likeness (QED) is 0.757. The van der Waals surface area contributed by atoms with Gasteiger partial charge in [0, 0.05) is 25.3 Å². The number of hydrogen-bond acceptors (Lipinski definition) is 5. The number of carboxylic acids is 1. The molecule has 1 aromatic rings. The highest BCUT2D eigenvalue weighted by molar-refractivity contribution is 7.92. The third-order valence-corrected chi connectivity index (χ3v) is 7.72. The monoisotopic (exact) mass is 400 g/mol. The summed E-state index contributed by atoms with van der Waals surface area (Å²) in [7, 11) is -3.84. The summed E-state index contributed by atoms with van der Waals surface area (Å²) in [5.41, 5.74) is 0.887. The van der Waals surface area contributed by atoms with Gasteiger partial charge in [-0.25, -0.2) is 13.2 Å². The van der Waals surface area contributed by atoms with E-state index in [1.54, 1.807) is 12.1 Å². The molecular weight excluding hydrogens is 380 g/mol. The van der Waals surface area contributed by atoms with Crippen LogP contribution in [-0.2, 0) is 19.4 Å². The summed E-state index contributed by atoms with van der Waals surface area (Å²) in [6.45, 7) is 1.69. The lowest BCUT2D eigenvalue weighted by Gasteiger charge is -2.29. The summed E-state index contributed by atoms with van der Waals surface area (Å²) in [5, 5.41) is 8.33. The zero-order valence-electron chi connectivity index (χ0n) is 14.2. The number of anilines is 1. The van der Waals surface area contributed by atoms with Crippen LogP contribution in [0.5, 0.6) is 0 Å². The average molecular weight is 401 g/mol. The van der Waals surface area contributed by atoms with E-state index < -0.39 is 27.1 Å². The molecule has 9 heteroatoms. The van der Waals surface area contributed by atoms with E-state index in [1.807, 2.05) is 0 Å². The maximum atomic E-state index is 12.9. The van der Waals surface area contributed by atoms with Crippen LogP contribution in [-0.4, -0.2) is 61.7 Å². The summed E-state index contributed by atoms with van der Waals surface area (Å²) in [4.78, 5) is 25.5. The van der Waals surface area contributed by atoms with Gasteiger partial charge in [-0.15, -0.1) is 0 Å². The van der Waals surface area contributed by atoms with Crippen LogP contribution in [0.4, 0.5) is 5.69 Å². The van der Waals surface area contributed by atoms with Crippen LogP contribution in [0.1, 0.15) is 25.7 Å². The van der Waals surface area contributed by atoms with Crippen molar-refractivity contribution in [1.82, 2.24) is 4.90 Å². The Bertz CT molecular complexity index is 807. The number of amides is 1. The van der Waals surface area contributed by atoms with Gasteiger partial charge in [0.15, 0.2) is 9.84 Å². The lowest BCUT2D eigenvalue weighted by Crippen LogP contribution is -2.34. The van der Waals surface area contributed by atoms with Crippen molar-refractivity contribution in [3.63, 3.8) is 0 Å². The standard InChI is InChI=1S/C17H21ClN2O5S/c18-14-8-12(19-6-2-1-3-7-19)4-5-16(14)26(24,25)13-9-15(17(22)23)20(10-13)11-21/h4-5,8,11,13,15H,1-3,6-7,9-10H2,(H,22,23). The Kier molecular flexibility index (Phi) is 5.43. The van der Waals surface area contributed by atoms with Gasteiger partial charge in [-0.1, -0.05) is 11.6 Å². The molecule has 2 saturated heterocycles. The van der Waals surface area contributed by atoms with Gasteiger partial charge in [-0.05, 0) is 43.9 Å². The van der Waals surface area contributed by atoms with Crippen molar-refractivity contribution in [3.05, 3.63) is 23.2 Å². The number of nitrogens with zero attached hydrogens (tertiary/aromatic N) is 2. The molecule has 0 radical (unpaired) electrons. The maximum absolute atomic E-state index is 12.9. The van der Waals surface area contributed by atoms with Gasteiger partial charge in [0.05, 0.1) is 15.2 Å². The molecule has 2 unspecified atom stereocenters. The number of likely N-dealkylation sites (tertiary alicyclic amines) is 1. The fourth-order valence-corrected chi connectivity index (χ4v) is 5.90. The van der Waals surface area contributed by atoms with E-state index in [9.17, 15) is 23.1 Å². The van der Waals surface area contributed by atoms with Crippen molar-refractivity contribution in [2.24, 2.45) is 0 Å². The first-order chi connectivity index (χ1) is 12.3. The number of hydrogen-bond donors (Lipinski definition) is 1. The van der Waals surface area contributed by atoms with Crippen LogP contribution in [0.2, 0.25) is 5.02 Å². The van der Waals surface area contributed by atoms with Crippen molar-refractivity contribution < 1.29 is 23.1 Å². The van der Waals surface area contributed by atoms with Crippen LogP contribution in [0, 0.1) is 0 Å². The van der Waals surface area contributed by atoms with Gasteiger partial charge in [-0.2, -0.15) is 0 Å². The van der Waals surface area contributed by atoms with E-state index in [4.69, 9.17) is 11.6 Å². The molecule has 2 fully saturated rings. The van der Waals surface area contributed by atoms with E-state index in [2.05, 4.69) is 4.90 Å². The minimum atomic E-state index is -3.84. The third-order valence-electron chi connectivity index (χ3n) is 5.10. The van der Waals surface area contributed by atoms with Crippen LogP contribution in [0.25, 0.3) is 0 Å². The van der Waals surface area contributed by atoms with Crippen LogP contribution in [0.15, 0.2) is 23.1 Å². The highest BCUT2D eigenvalue weighted by Gasteiger charge is 2.43. The zero-order chi connectivity index (χ0) is 18.9. The molecule has 0 spiro atoms. The van der Waals surface area contributed by atoms with Crippen molar-refractivity contribution in [3.8, 4) is 0 Å². The van der Waals surface area contributed by atoms with Crippen LogP contribution in [0.3, 0.4) is 0 Å². The summed E-state index contributed by atoms with van der Waals surface area (Å²) in [5.74, 6) is -1.21. The van der Waals surface area contributed by atoms with E-state index in [0.29, 0.717) is 6.41 Å². The minimum Gasteiger partial charge on any atom is -0.480 e. The lowest BCUT2D eigenvalue weighted by molar-refractivity contribution is -0.144. The summed E-state index contributed by atoms with van der Waals surface area (Å²) in [6.07, 6.45) is 3.63. The van der Waals surface area contributed by atoms with Crippen LogP contribution < -0.4 is 4.90 Å². The molecule has 2 aliphatic rings. The molecule has 1 N–H and O–H groups in total. The van der Waals surface area contributed by atoms with Crippen molar-refractivity contribution >= 4 is 39.5 Å². The van der Waals surface area contributed by atoms with E-state index >= 15 is 0 Å². The Hall–Kier alpha value is -1.80. The van der Waals surface area contributed by atoms with Crippen molar-refractivity contribution in [2.45, 2.75) is 41.9 Å². The number of halogens is 1. The summed E-state index contributed by atoms with van der Waals surface area (Å²) >= 11 is 6.28. The molecular formula is C17H21ClN2O5S. The predicted octanol–water partition coefficient (Wildman–Crippen LogP) is 1.79.